The monoisotopic (exact) mass is 333 g/mol. The number of sulfonamides is 1. The van der Waals surface area contributed by atoms with Crippen molar-refractivity contribution in [2.45, 2.75) is 96.8 Å². The van der Waals surface area contributed by atoms with Gasteiger partial charge in [-0.15, -0.1) is 0 Å². The van der Waals surface area contributed by atoms with Crippen LogP contribution in [0.3, 0.4) is 0 Å². The van der Waals surface area contributed by atoms with Gasteiger partial charge in [-0.1, -0.05) is 90.4 Å². The first-order valence-electron chi connectivity index (χ1n) is 9.06. The van der Waals surface area contributed by atoms with E-state index >= 15 is 0 Å². The molecule has 0 radical (unpaired) electrons. The highest BCUT2D eigenvalue weighted by Crippen LogP contribution is 2.13. The lowest BCUT2D eigenvalue weighted by Crippen LogP contribution is -2.24. The summed E-state index contributed by atoms with van der Waals surface area (Å²) >= 11 is 0. The Balaban J connectivity index is 3.16. The number of carbonyl (C=O) groups is 1. The number of rotatable bonds is 17. The van der Waals surface area contributed by atoms with E-state index in [0.29, 0.717) is 6.42 Å². The molecule has 0 aliphatic heterocycles. The average Bonchev–Trinajstić information content (AvgIpc) is 2.47. The molecule has 1 N–H and O–H groups in total. The van der Waals surface area contributed by atoms with E-state index in [0.717, 1.165) is 12.8 Å². The van der Waals surface area contributed by atoms with Crippen LogP contribution < -0.4 is 4.72 Å². The van der Waals surface area contributed by atoms with Gasteiger partial charge in [0.2, 0.25) is 16.4 Å². The number of hydrogen-bond acceptors (Lipinski definition) is 3. The van der Waals surface area contributed by atoms with Crippen molar-refractivity contribution >= 4 is 16.4 Å². The Bertz CT molecular complexity index is 342. The number of carbonyl (C=O) groups excluding carboxylic acids is 1. The smallest absolute Gasteiger partial charge is 0.234 e. The summed E-state index contributed by atoms with van der Waals surface area (Å²) in [5, 5.41) is 0. The van der Waals surface area contributed by atoms with Crippen molar-refractivity contribution in [3.63, 3.8) is 0 Å². The van der Waals surface area contributed by atoms with E-state index in [2.05, 4.69) is 6.92 Å². The minimum atomic E-state index is -3.37. The molecule has 0 saturated carbocycles. The highest BCUT2D eigenvalue weighted by molar-refractivity contribution is 7.89. The largest absolute Gasteiger partial charge is 0.278 e. The minimum absolute atomic E-state index is 0.0593. The van der Waals surface area contributed by atoms with Gasteiger partial charge < -0.3 is 0 Å². The van der Waals surface area contributed by atoms with Crippen LogP contribution in [-0.2, 0) is 14.8 Å². The number of amides is 1. The lowest BCUT2D eigenvalue weighted by molar-refractivity contribution is -0.108. The molecule has 0 aliphatic rings. The number of nitrogens with one attached hydrogen (secondary N) is 1. The standard InChI is InChI=1S/C17H35NO3S/c1-2-3-4-5-6-7-8-9-10-11-12-13-14-15-16-22(20,21)18-17-19/h17H,2-16H2,1H3,(H,18,19). The van der Waals surface area contributed by atoms with Crippen molar-refractivity contribution in [1.82, 2.24) is 4.72 Å². The molecule has 0 saturated heterocycles. The van der Waals surface area contributed by atoms with Crippen LogP contribution in [0.2, 0.25) is 0 Å². The maximum absolute atomic E-state index is 11.2. The summed E-state index contributed by atoms with van der Waals surface area (Å²) in [6.07, 6.45) is 17.6. The third kappa shape index (κ3) is 15.8. The number of unbranched alkanes of at least 4 members (excludes halogenated alkanes) is 13. The van der Waals surface area contributed by atoms with Crippen molar-refractivity contribution in [2.75, 3.05) is 5.75 Å². The van der Waals surface area contributed by atoms with Crippen LogP contribution in [0.1, 0.15) is 96.8 Å². The molecule has 0 rings (SSSR count). The van der Waals surface area contributed by atoms with E-state index in [9.17, 15) is 13.2 Å². The summed E-state index contributed by atoms with van der Waals surface area (Å²) in [7, 11) is -3.37. The van der Waals surface area contributed by atoms with Gasteiger partial charge >= 0.3 is 0 Å². The number of hydrogen-bond donors (Lipinski definition) is 1. The normalized spacial score (nSPS) is 11.5. The first-order chi connectivity index (χ1) is 10.6. The first-order valence-corrected chi connectivity index (χ1v) is 10.7. The second-order valence-corrected chi connectivity index (χ2v) is 8.02. The fourth-order valence-electron chi connectivity index (χ4n) is 2.62. The predicted octanol–water partition coefficient (Wildman–Crippen LogP) is 4.54. The average molecular weight is 334 g/mol. The van der Waals surface area contributed by atoms with Crippen molar-refractivity contribution < 1.29 is 13.2 Å². The van der Waals surface area contributed by atoms with Gasteiger partial charge in [0, 0.05) is 0 Å². The van der Waals surface area contributed by atoms with E-state index in [1.54, 1.807) is 0 Å². The van der Waals surface area contributed by atoms with Crippen LogP contribution in [0.5, 0.6) is 0 Å². The summed E-state index contributed by atoms with van der Waals surface area (Å²) in [5.41, 5.74) is 0. The molecule has 0 aromatic heterocycles. The molecular formula is C17H35NO3S. The van der Waals surface area contributed by atoms with Gasteiger partial charge in [0.05, 0.1) is 5.75 Å². The Morgan fingerprint density at radius 3 is 1.41 bits per heavy atom. The van der Waals surface area contributed by atoms with Gasteiger partial charge in [0.25, 0.3) is 0 Å². The summed E-state index contributed by atoms with van der Waals surface area (Å²) in [6, 6.07) is 0. The van der Waals surface area contributed by atoms with E-state index in [4.69, 9.17) is 0 Å². The van der Waals surface area contributed by atoms with Crippen LogP contribution in [0.25, 0.3) is 0 Å². The lowest BCUT2D eigenvalue weighted by atomic mass is 10.0. The Labute approximate surface area is 137 Å². The molecule has 0 aromatic rings. The SMILES string of the molecule is CCCCCCCCCCCCCCCCS(=O)(=O)NC=O. The van der Waals surface area contributed by atoms with Crippen LogP contribution in [-0.4, -0.2) is 20.6 Å². The first kappa shape index (κ1) is 21.4. The zero-order valence-electron chi connectivity index (χ0n) is 14.3. The van der Waals surface area contributed by atoms with Crippen molar-refractivity contribution in [3.05, 3.63) is 0 Å². The second-order valence-electron chi connectivity index (χ2n) is 6.15. The Hall–Kier alpha value is -0.580. The summed E-state index contributed by atoms with van der Waals surface area (Å²) < 4.78 is 24.3. The molecule has 0 heterocycles. The molecule has 5 heteroatoms. The molecule has 0 aromatic carbocycles. The van der Waals surface area contributed by atoms with Crippen LogP contribution in [0.4, 0.5) is 0 Å². The van der Waals surface area contributed by atoms with E-state index in [1.165, 1.54) is 70.6 Å². The summed E-state index contributed by atoms with van der Waals surface area (Å²) in [5.74, 6) is 0.0593. The van der Waals surface area contributed by atoms with Crippen molar-refractivity contribution in [2.24, 2.45) is 0 Å². The quantitative estimate of drug-likeness (QED) is 0.314. The van der Waals surface area contributed by atoms with Gasteiger partial charge in [0.1, 0.15) is 0 Å². The van der Waals surface area contributed by atoms with Gasteiger partial charge in [0.15, 0.2) is 0 Å². The molecule has 0 atom stereocenters. The Morgan fingerprint density at radius 1 is 0.682 bits per heavy atom. The molecule has 0 unspecified atom stereocenters. The van der Waals surface area contributed by atoms with Crippen molar-refractivity contribution in [1.29, 1.82) is 0 Å². The van der Waals surface area contributed by atoms with E-state index in [1.807, 2.05) is 4.72 Å². The Morgan fingerprint density at radius 2 is 1.05 bits per heavy atom. The van der Waals surface area contributed by atoms with Crippen LogP contribution in [0, 0.1) is 0 Å². The van der Waals surface area contributed by atoms with Gasteiger partial charge in [-0.25, -0.2) is 8.42 Å². The zero-order valence-corrected chi connectivity index (χ0v) is 15.1. The maximum atomic E-state index is 11.2. The molecule has 1 amide bonds. The molecule has 22 heavy (non-hydrogen) atoms. The fourth-order valence-corrected chi connectivity index (χ4v) is 3.47. The molecular weight excluding hydrogens is 298 g/mol. The molecule has 0 bridgehead atoms. The predicted molar refractivity (Wildman–Crippen MR) is 93.3 cm³/mol. The zero-order chi connectivity index (χ0) is 16.5. The topological polar surface area (TPSA) is 63.2 Å². The van der Waals surface area contributed by atoms with Crippen LogP contribution in [0.15, 0.2) is 0 Å². The molecule has 0 fully saturated rings. The minimum Gasteiger partial charge on any atom is -0.278 e. The molecule has 0 spiro atoms. The molecule has 0 aliphatic carbocycles. The fraction of sp³-hybridized carbons (Fsp3) is 0.941. The van der Waals surface area contributed by atoms with E-state index in [-0.39, 0.29) is 12.2 Å². The van der Waals surface area contributed by atoms with Gasteiger partial charge in [-0.3, -0.25) is 9.52 Å². The third-order valence-electron chi connectivity index (χ3n) is 3.99. The van der Waals surface area contributed by atoms with Crippen molar-refractivity contribution in [3.8, 4) is 0 Å². The summed E-state index contributed by atoms with van der Waals surface area (Å²) in [4.78, 5) is 10.1. The highest BCUT2D eigenvalue weighted by Gasteiger charge is 2.07. The van der Waals surface area contributed by atoms with Crippen LogP contribution >= 0.6 is 0 Å². The second kappa shape index (κ2) is 15.3. The Kier molecular flexibility index (Phi) is 14.9. The molecule has 132 valence electrons. The van der Waals surface area contributed by atoms with Gasteiger partial charge in [-0.2, -0.15) is 0 Å². The van der Waals surface area contributed by atoms with Gasteiger partial charge in [-0.05, 0) is 6.42 Å². The highest BCUT2D eigenvalue weighted by atomic mass is 32.2. The maximum Gasteiger partial charge on any atom is 0.234 e. The molecule has 4 nitrogen and oxygen atoms in total. The van der Waals surface area contributed by atoms with E-state index < -0.39 is 10.0 Å². The lowest BCUT2D eigenvalue weighted by Gasteiger charge is -2.04. The third-order valence-corrected chi connectivity index (χ3v) is 5.28. The summed E-state index contributed by atoms with van der Waals surface area (Å²) in [6.45, 7) is 2.25.